The van der Waals surface area contributed by atoms with Crippen LogP contribution in [0.25, 0.3) is 0 Å². The van der Waals surface area contributed by atoms with E-state index in [0.717, 1.165) is 12.8 Å². The molecule has 1 N–H and O–H groups in total. The predicted molar refractivity (Wildman–Crippen MR) is 85.4 cm³/mol. The zero-order chi connectivity index (χ0) is 15.9. The van der Waals surface area contributed by atoms with Crippen molar-refractivity contribution in [3.63, 3.8) is 0 Å². The van der Waals surface area contributed by atoms with Crippen molar-refractivity contribution in [1.29, 1.82) is 0 Å². The molecule has 7 heteroatoms. The van der Waals surface area contributed by atoms with Crippen LogP contribution in [0, 0.1) is 0 Å². The van der Waals surface area contributed by atoms with Gasteiger partial charge in [-0.1, -0.05) is 23.7 Å². The molecule has 0 aromatic heterocycles. The van der Waals surface area contributed by atoms with E-state index in [1.165, 1.54) is 6.26 Å². The number of rotatable bonds is 3. The van der Waals surface area contributed by atoms with Gasteiger partial charge >= 0.3 is 0 Å². The highest BCUT2D eigenvalue weighted by Gasteiger charge is 2.45. The Balaban J connectivity index is 1.70. The van der Waals surface area contributed by atoms with Gasteiger partial charge in [-0.2, -0.15) is 4.31 Å². The molecule has 0 saturated carbocycles. The molecule has 0 aliphatic carbocycles. The Morgan fingerprint density at radius 3 is 2.36 bits per heavy atom. The van der Waals surface area contributed by atoms with Crippen molar-refractivity contribution in [3.05, 3.63) is 34.9 Å². The first kappa shape index (κ1) is 15.8. The number of nitrogens with zero attached hydrogens (tertiary/aromatic N) is 1. The summed E-state index contributed by atoms with van der Waals surface area (Å²) in [5, 5.41) is 3.43. The molecule has 2 unspecified atom stereocenters. The van der Waals surface area contributed by atoms with Crippen molar-refractivity contribution >= 4 is 27.5 Å². The van der Waals surface area contributed by atoms with E-state index in [0.29, 0.717) is 23.4 Å². The Hall–Kier alpha value is -1.11. The van der Waals surface area contributed by atoms with E-state index in [1.807, 2.05) is 0 Å². The van der Waals surface area contributed by atoms with Crippen LogP contribution in [0.5, 0.6) is 0 Å². The smallest absolute Gasteiger partial charge is 0.253 e. The van der Waals surface area contributed by atoms with Crippen LogP contribution >= 0.6 is 11.6 Å². The van der Waals surface area contributed by atoms with Crippen molar-refractivity contribution in [3.8, 4) is 0 Å². The van der Waals surface area contributed by atoms with Crippen LogP contribution in [-0.4, -0.2) is 43.0 Å². The quantitative estimate of drug-likeness (QED) is 0.914. The van der Waals surface area contributed by atoms with Gasteiger partial charge in [-0.25, -0.2) is 8.42 Å². The highest BCUT2D eigenvalue weighted by molar-refractivity contribution is 7.88. The number of hydrogen-bond acceptors (Lipinski definition) is 3. The molecular formula is C15H19ClN2O3S. The van der Waals surface area contributed by atoms with Gasteiger partial charge in [-0.3, -0.25) is 4.79 Å². The average molecular weight is 343 g/mol. The van der Waals surface area contributed by atoms with E-state index in [-0.39, 0.29) is 24.0 Å². The van der Waals surface area contributed by atoms with Gasteiger partial charge < -0.3 is 5.32 Å². The molecule has 5 nitrogen and oxygen atoms in total. The average Bonchev–Trinajstić information content (AvgIpc) is 2.72. The van der Waals surface area contributed by atoms with Crippen molar-refractivity contribution in [2.45, 2.75) is 43.8 Å². The maximum atomic E-state index is 12.3. The molecule has 2 aliphatic rings. The number of nitrogens with one attached hydrogen (secondary N) is 1. The highest BCUT2D eigenvalue weighted by atomic mass is 35.5. The summed E-state index contributed by atoms with van der Waals surface area (Å²) in [6, 6.07) is 6.94. The van der Waals surface area contributed by atoms with Gasteiger partial charge in [0.15, 0.2) is 0 Å². The monoisotopic (exact) mass is 342 g/mol. The van der Waals surface area contributed by atoms with E-state index in [4.69, 9.17) is 11.6 Å². The van der Waals surface area contributed by atoms with Crippen LogP contribution in [0.4, 0.5) is 0 Å². The Kier molecular flexibility index (Phi) is 4.18. The largest absolute Gasteiger partial charge is 0.349 e. The third-order valence-electron chi connectivity index (χ3n) is 4.50. The minimum absolute atomic E-state index is 0.000673. The number of piperidine rings is 1. The van der Waals surface area contributed by atoms with Gasteiger partial charge in [0.1, 0.15) is 0 Å². The Labute approximate surface area is 135 Å². The fourth-order valence-corrected chi connectivity index (χ4v) is 5.39. The van der Waals surface area contributed by atoms with Gasteiger partial charge in [0.05, 0.1) is 16.8 Å². The third-order valence-corrected chi connectivity index (χ3v) is 6.19. The van der Waals surface area contributed by atoms with Crippen LogP contribution in [-0.2, 0) is 10.0 Å². The number of halogens is 1. The molecule has 3 rings (SSSR count). The molecular weight excluding hydrogens is 324 g/mol. The van der Waals surface area contributed by atoms with Crippen LogP contribution in [0.3, 0.4) is 0 Å². The van der Waals surface area contributed by atoms with Crippen molar-refractivity contribution in [2.75, 3.05) is 6.26 Å². The molecule has 2 heterocycles. The number of sulfonamides is 1. The summed E-state index contributed by atoms with van der Waals surface area (Å²) in [7, 11) is -3.17. The molecule has 120 valence electrons. The first-order chi connectivity index (χ1) is 10.4. The van der Waals surface area contributed by atoms with Gasteiger partial charge in [0.2, 0.25) is 10.0 Å². The van der Waals surface area contributed by atoms with E-state index in [2.05, 4.69) is 5.32 Å². The number of carbonyl (C=O) groups is 1. The maximum Gasteiger partial charge on any atom is 0.253 e. The molecule has 2 atom stereocenters. The summed E-state index contributed by atoms with van der Waals surface area (Å²) < 4.78 is 25.4. The molecule has 0 spiro atoms. The SMILES string of the molecule is CS(=O)(=O)N1C2CCC1CC(NC(=O)c1ccccc1Cl)C2. The first-order valence-corrected chi connectivity index (χ1v) is 9.63. The molecule has 1 aromatic carbocycles. The Morgan fingerprint density at radius 2 is 1.82 bits per heavy atom. The standard InChI is InChI=1S/C15H19ClN2O3S/c1-22(20,21)18-11-6-7-12(18)9-10(8-11)17-15(19)13-4-2-3-5-14(13)16/h2-5,10-12H,6-9H2,1H3,(H,17,19). The minimum Gasteiger partial charge on any atom is -0.349 e. The predicted octanol–water partition coefficient (Wildman–Crippen LogP) is 2.02. The Bertz CT molecular complexity index is 678. The van der Waals surface area contributed by atoms with Crippen LogP contribution in [0.1, 0.15) is 36.0 Å². The van der Waals surface area contributed by atoms with E-state index in [1.54, 1.807) is 28.6 Å². The normalized spacial score (nSPS) is 28.5. The minimum atomic E-state index is -3.17. The highest BCUT2D eigenvalue weighted by Crippen LogP contribution is 2.37. The van der Waals surface area contributed by atoms with Crippen LogP contribution < -0.4 is 5.32 Å². The third kappa shape index (κ3) is 3.00. The molecule has 2 aliphatic heterocycles. The summed E-state index contributed by atoms with van der Waals surface area (Å²) in [4.78, 5) is 12.3. The van der Waals surface area contributed by atoms with Crippen LogP contribution in [0.15, 0.2) is 24.3 Å². The topological polar surface area (TPSA) is 66.5 Å². The maximum absolute atomic E-state index is 12.3. The fraction of sp³-hybridized carbons (Fsp3) is 0.533. The van der Waals surface area contributed by atoms with E-state index >= 15 is 0 Å². The second-order valence-corrected chi connectivity index (χ2v) is 8.39. The fourth-order valence-electron chi connectivity index (χ4n) is 3.70. The molecule has 1 amide bonds. The molecule has 1 aromatic rings. The van der Waals surface area contributed by atoms with Gasteiger partial charge in [-0.15, -0.1) is 0 Å². The summed E-state index contributed by atoms with van der Waals surface area (Å²) in [6.07, 6.45) is 4.34. The summed E-state index contributed by atoms with van der Waals surface area (Å²) in [5.41, 5.74) is 0.460. The second kappa shape index (κ2) is 5.83. The number of fused-ring (bicyclic) bond motifs is 2. The van der Waals surface area contributed by atoms with E-state index in [9.17, 15) is 13.2 Å². The van der Waals surface area contributed by atoms with Crippen LogP contribution in [0.2, 0.25) is 5.02 Å². The molecule has 0 radical (unpaired) electrons. The number of benzene rings is 1. The number of amides is 1. The van der Waals surface area contributed by atoms with Crippen molar-refractivity contribution in [2.24, 2.45) is 0 Å². The second-order valence-electron chi connectivity index (χ2n) is 6.10. The lowest BCUT2D eigenvalue weighted by molar-refractivity contribution is 0.0909. The summed E-state index contributed by atoms with van der Waals surface area (Å²) in [5.74, 6) is -0.192. The number of hydrogen-bond donors (Lipinski definition) is 1. The van der Waals surface area contributed by atoms with Gasteiger partial charge in [0.25, 0.3) is 5.91 Å². The lowest BCUT2D eigenvalue weighted by Crippen LogP contribution is -2.52. The van der Waals surface area contributed by atoms with E-state index < -0.39 is 10.0 Å². The lowest BCUT2D eigenvalue weighted by Gasteiger charge is -2.37. The first-order valence-electron chi connectivity index (χ1n) is 7.40. The van der Waals surface area contributed by atoms with Crippen molar-refractivity contribution < 1.29 is 13.2 Å². The lowest BCUT2D eigenvalue weighted by atomic mass is 9.99. The summed E-state index contributed by atoms with van der Waals surface area (Å²) in [6.45, 7) is 0. The Morgan fingerprint density at radius 1 is 1.23 bits per heavy atom. The molecule has 22 heavy (non-hydrogen) atoms. The summed E-state index contributed by atoms with van der Waals surface area (Å²) >= 11 is 6.04. The zero-order valence-electron chi connectivity index (χ0n) is 12.3. The molecule has 2 fully saturated rings. The molecule has 2 bridgehead atoms. The number of carbonyl (C=O) groups excluding carboxylic acids is 1. The van der Waals surface area contributed by atoms with Crippen molar-refractivity contribution in [1.82, 2.24) is 9.62 Å². The molecule has 2 saturated heterocycles. The van der Waals surface area contributed by atoms with Gasteiger partial charge in [0, 0.05) is 18.1 Å². The zero-order valence-corrected chi connectivity index (χ0v) is 13.9. The van der Waals surface area contributed by atoms with Gasteiger partial charge in [-0.05, 0) is 37.8 Å².